The van der Waals surface area contributed by atoms with Crippen LogP contribution in [0.4, 0.5) is 0 Å². The molecular formula is C11H11BrN2O2. The summed E-state index contributed by atoms with van der Waals surface area (Å²) in [5.41, 5.74) is 3.00. The Morgan fingerprint density at radius 3 is 3.00 bits per heavy atom. The number of rotatable bonds is 3. The van der Waals surface area contributed by atoms with Gasteiger partial charge in [0, 0.05) is 16.0 Å². The minimum absolute atomic E-state index is 0.0502. The molecule has 4 nitrogen and oxygen atoms in total. The number of nitrogens with zero attached hydrogens (tertiary/aromatic N) is 1. The normalized spacial score (nSPS) is 15.3. The number of phenolic OH excluding ortho intramolecular Hbond substituents is 1. The highest BCUT2D eigenvalue weighted by molar-refractivity contribution is 9.10. The molecule has 0 aliphatic heterocycles. The van der Waals surface area contributed by atoms with E-state index in [-0.39, 0.29) is 17.6 Å². The van der Waals surface area contributed by atoms with Gasteiger partial charge in [0.1, 0.15) is 5.75 Å². The largest absolute Gasteiger partial charge is 0.507 e. The highest BCUT2D eigenvalue weighted by Gasteiger charge is 2.29. The maximum absolute atomic E-state index is 11.3. The molecule has 0 bridgehead atoms. The molecule has 2 rings (SSSR count). The fourth-order valence-electron chi connectivity index (χ4n) is 1.23. The maximum atomic E-state index is 11.3. The predicted octanol–water partition coefficient (Wildman–Crippen LogP) is 2.01. The van der Waals surface area contributed by atoms with Crippen LogP contribution in [0.2, 0.25) is 0 Å². The molecule has 1 aromatic carbocycles. The Morgan fingerprint density at radius 1 is 1.56 bits per heavy atom. The Hall–Kier alpha value is -1.36. The number of hydrazone groups is 1. The van der Waals surface area contributed by atoms with E-state index >= 15 is 0 Å². The first-order valence-electron chi connectivity index (χ1n) is 4.98. The Morgan fingerprint density at radius 2 is 2.31 bits per heavy atom. The second-order valence-electron chi connectivity index (χ2n) is 3.71. The van der Waals surface area contributed by atoms with Crippen LogP contribution < -0.4 is 5.43 Å². The van der Waals surface area contributed by atoms with E-state index in [2.05, 4.69) is 26.5 Å². The number of hydrogen-bond donors (Lipinski definition) is 2. The number of amides is 1. The predicted molar refractivity (Wildman–Crippen MR) is 64.3 cm³/mol. The van der Waals surface area contributed by atoms with Crippen molar-refractivity contribution in [1.82, 2.24) is 5.43 Å². The zero-order valence-corrected chi connectivity index (χ0v) is 10.1. The monoisotopic (exact) mass is 282 g/mol. The molecule has 0 spiro atoms. The molecule has 0 unspecified atom stereocenters. The zero-order valence-electron chi connectivity index (χ0n) is 8.48. The van der Waals surface area contributed by atoms with Gasteiger partial charge in [-0.3, -0.25) is 4.79 Å². The number of nitrogens with one attached hydrogen (secondary N) is 1. The van der Waals surface area contributed by atoms with Crippen LogP contribution in [-0.2, 0) is 4.79 Å². The topological polar surface area (TPSA) is 61.7 Å². The molecular weight excluding hydrogens is 272 g/mol. The number of benzene rings is 1. The van der Waals surface area contributed by atoms with Gasteiger partial charge >= 0.3 is 0 Å². The quantitative estimate of drug-likeness (QED) is 0.658. The second-order valence-corrected chi connectivity index (χ2v) is 4.63. The summed E-state index contributed by atoms with van der Waals surface area (Å²) in [7, 11) is 0. The lowest BCUT2D eigenvalue weighted by Gasteiger charge is -1.99. The van der Waals surface area contributed by atoms with Gasteiger partial charge in [-0.15, -0.1) is 0 Å². The van der Waals surface area contributed by atoms with E-state index in [4.69, 9.17) is 0 Å². The van der Waals surface area contributed by atoms with Gasteiger partial charge in [-0.25, -0.2) is 5.43 Å². The molecule has 2 N–H and O–H groups in total. The Bertz CT molecular complexity index is 442. The van der Waals surface area contributed by atoms with Crippen molar-refractivity contribution >= 4 is 28.1 Å². The van der Waals surface area contributed by atoms with Crippen LogP contribution in [-0.4, -0.2) is 17.2 Å². The van der Waals surface area contributed by atoms with Gasteiger partial charge < -0.3 is 5.11 Å². The number of carbonyl (C=O) groups is 1. The Labute approximate surface area is 101 Å². The van der Waals surface area contributed by atoms with Crippen molar-refractivity contribution in [3.63, 3.8) is 0 Å². The van der Waals surface area contributed by atoms with E-state index in [0.29, 0.717) is 5.56 Å². The summed E-state index contributed by atoms with van der Waals surface area (Å²) >= 11 is 3.29. The molecule has 5 heteroatoms. The molecule has 1 amide bonds. The average Bonchev–Trinajstić information content (AvgIpc) is 3.06. The van der Waals surface area contributed by atoms with Crippen LogP contribution >= 0.6 is 15.9 Å². The van der Waals surface area contributed by atoms with Crippen LogP contribution in [0, 0.1) is 5.92 Å². The van der Waals surface area contributed by atoms with E-state index in [9.17, 15) is 9.90 Å². The van der Waals surface area contributed by atoms with E-state index in [1.807, 2.05) is 0 Å². The van der Waals surface area contributed by atoms with E-state index in [1.165, 1.54) is 6.21 Å². The first kappa shape index (κ1) is 11.1. The molecule has 0 aromatic heterocycles. The van der Waals surface area contributed by atoms with E-state index in [0.717, 1.165) is 17.3 Å². The lowest BCUT2D eigenvalue weighted by atomic mass is 10.2. The lowest BCUT2D eigenvalue weighted by Crippen LogP contribution is -2.18. The lowest BCUT2D eigenvalue weighted by molar-refractivity contribution is -0.122. The molecule has 0 atom stereocenters. The molecule has 1 saturated carbocycles. The summed E-state index contributed by atoms with van der Waals surface area (Å²) in [6, 6.07) is 5.02. The second kappa shape index (κ2) is 4.65. The summed E-state index contributed by atoms with van der Waals surface area (Å²) < 4.78 is 0.847. The summed E-state index contributed by atoms with van der Waals surface area (Å²) in [5.74, 6) is 0.214. The molecule has 0 radical (unpaired) electrons. The fourth-order valence-corrected chi connectivity index (χ4v) is 1.61. The highest BCUT2D eigenvalue weighted by atomic mass is 79.9. The van der Waals surface area contributed by atoms with Gasteiger partial charge in [0.05, 0.1) is 6.21 Å². The van der Waals surface area contributed by atoms with Crippen LogP contribution in [0.15, 0.2) is 27.8 Å². The van der Waals surface area contributed by atoms with Gasteiger partial charge in [0.15, 0.2) is 0 Å². The van der Waals surface area contributed by atoms with E-state index < -0.39 is 0 Å². The Balaban J connectivity index is 1.99. The number of hydrogen-bond acceptors (Lipinski definition) is 3. The molecule has 0 heterocycles. The van der Waals surface area contributed by atoms with Gasteiger partial charge in [0.25, 0.3) is 0 Å². The summed E-state index contributed by atoms with van der Waals surface area (Å²) in [4.78, 5) is 11.3. The minimum Gasteiger partial charge on any atom is -0.507 e. The van der Waals surface area contributed by atoms with Gasteiger partial charge in [-0.1, -0.05) is 15.9 Å². The summed E-state index contributed by atoms with van der Waals surface area (Å²) in [6.07, 6.45) is 3.33. The van der Waals surface area contributed by atoms with Crippen molar-refractivity contribution in [1.29, 1.82) is 0 Å². The van der Waals surface area contributed by atoms with Gasteiger partial charge in [0.2, 0.25) is 5.91 Å². The van der Waals surface area contributed by atoms with E-state index in [1.54, 1.807) is 18.2 Å². The molecule has 16 heavy (non-hydrogen) atoms. The minimum atomic E-state index is -0.0502. The zero-order chi connectivity index (χ0) is 11.5. The van der Waals surface area contributed by atoms with Gasteiger partial charge in [-0.05, 0) is 31.0 Å². The first-order valence-corrected chi connectivity index (χ1v) is 5.77. The molecule has 1 aliphatic carbocycles. The van der Waals surface area contributed by atoms with Crippen LogP contribution in [0.5, 0.6) is 5.75 Å². The first-order chi connectivity index (χ1) is 7.66. The fraction of sp³-hybridized carbons (Fsp3) is 0.273. The van der Waals surface area contributed by atoms with Crippen molar-refractivity contribution in [2.24, 2.45) is 11.0 Å². The van der Waals surface area contributed by atoms with Crippen molar-refractivity contribution in [2.45, 2.75) is 12.8 Å². The third-order valence-electron chi connectivity index (χ3n) is 2.32. The number of phenols is 1. The van der Waals surface area contributed by atoms with Crippen molar-refractivity contribution in [3.05, 3.63) is 28.2 Å². The standard InChI is InChI=1S/C11H11BrN2O2/c12-9-3-4-10(15)8(5-9)6-13-14-11(16)7-1-2-7/h3-7,15H,1-2H2,(H,14,16)/b13-6+. The molecule has 84 valence electrons. The number of halogens is 1. The Kier molecular flexibility index (Phi) is 3.24. The van der Waals surface area contributed by atoms with Crippen LogP contribution in [0.1, 0.15) is 18.4 Å². The smallest absolute Gasteiger partial charge is 0.243 e. The molecule has 0 saturated heterocycles. The van der Waals surface area contributed by atoms with Crippen molar-refractivity contribution in [3.8, 4) is 5.75 Å². The average molecular weight is 283 g/mol. The van der Waals surface area contributed by atoms with Crippen LogP contribution in [0.25, 0.3) is 0 Å². The summed E-state index contributed by atoms with van der Waals surface area (Å²) in [5, 5.41) is 13.3. The third kappa shape index (κ3) is 2.82. The van der Waals surface area contributed by atoms with Gasteiger partial charge in [-0.2, -0.15) is 5.10 Å². The maximum Gasteiger partial charge on any atom is 0.243 e. The SMILES string of the molecule is O=C(N/N=C/c1cc(Br)ccc1O)C1CC1. The number of carbonyl (C=O) groups excluding carboxylic acids is 1. The third-order valence-corrected chi connectivity index (χ3v) is 2.81. The molecule has 1 aromatic rings. The molecule has 1 aliphatic rings. The van der Waals surface area contributed by atoms with Crippen LogP contribution in [0.3, 0.4) is 0 Å². The van der Waals surface area contributed by atoms with Crippen molar-refractivity contribution in [2.75, 3.05) is 0 Å². The molecule has 1 fully saturated rings. The van der Waals surface area contributed by atoms with Crippen molar-refractivity contribution < 1.29 is 9.90 Å². The number of aromatic hydroxyl groups is 1. The summed E-state index contributed by atoms with van der Waals surface area (Å²) in [6.45, 7) is 0. The highest BCUT2D eigenvalue weighted by Crippen LogP contribution is 2.28.